The molecule has 0 rings (SSSR count). The number of carbonyl (C=O) groups excluding carboxylic acids is 1. The number of ether oxygens (including phenoxy) is 2. The molecular weight excluding hydrogens is 685 g/mol. The van der Waals surface area contributed by atoms with Crippen LogP contribution < -0.4 is 4.89 Å². The van der Waals surface area contributed by atoms with Gasteiger partial charge in [0.05, 0.1) is 34.4 Å². The molecular formula is C44H76NO7P. The lowest BCUT2D eigenvalue weighted by molar-refractivity contribution is -0.870. The van der Waals surface area contributed by atoms with E-state index in [0.717, 1.165) is 109 Å². The summed E-state index contributed by atoms with van der Waals surface area (Å²) >= 11 is 0. The summed E-state index contributed by atoms with van der Waals surface area (Å²) in [4.78, 5) is 25.0. The Hall–Kier alpha value is -2.32. The normalized spacial score (nSPS) is 14.8. The molecule has 0 saturated heterocycles. The van der Waals surface area contributed by atoms with E-state index in [2.05, 4.69) is 98.9 Å². The molecule has 304 valence electrons. The lowest BCUT2D eigenvalue weighted by Gasteiger charge is -2.28. The highest BCUT2D eigenvalue weighted by molar-refractivity contribution is 7.45. The third-order valence-corrected chi connectivity index (χ3v) is 8.91. The van der Waals surface area contributed by atoms with Crippen LogP contribution in [0.25, 0.3) is 0 Å². The molecule has 0 aliphatic carbocycles. The van der Waals surface area contributed by atoms with E-state index in [1.165, 1.54) is 0 Å². The van der Waals surface area contributed by atoms with Crippen LogP contribution in [0.5, 0.6) is 0 Å². The molecule has 0 N–H and O–H groups in total. The highest BCUT2D eigenvalue weighted by atomic mass is 31.2. The van der Waals surface area contributed by atoms with Crippen molar-refractivity contribution in [2.24, 2.45) is 0 Å². The van der Waals surface area contributed by atoms with Gasteiger partial charge in [-0.05, 0) is 83.5 Å². The topological polar surface area (TPSA) is 94.1 Å². The minimum atomic E-state index is -4.54. The Bertz CT molecular complexity index is 1120. The molecule has 0 amide bonds. The first-order chi connectivity index (χ1) is 25.6. The van der Waals surface area contributed by atoms with Crippen molar-refractivity contribution in [2.75, 3.05) is 54.1 Å². The lowest BCUT2D eigenvalue weighted by atomic mass is 10.1. The van der Waals surface area contributed by atoms with Gasteiger partial charge in [0.1, 0.15) is 19.3 Å². The maximum absolute atomic E-state index is 12.6. The second-order valence-corrected chi connectivity index (χ2v) is 15.6. The van der Waals surface area contributed by atoms with E-state index >= 15 is 0 Å². The number of carbonyl (C=O) groups is 1. The summed E-state index contributed by atoms with van der Waals surface area (Å²) in [6.07, 6.45) is 47.4. The Labute approximate surface area is 325 Å². The fourth-order valence-electron chi connectivity index (χ4n) is 4.84. The van der Waals surface area contributed by atoms with E-state index in [0.29, 0.717) is 17.6 Å². The van der Waals surface area contributed by atoms with Crippen molar-refractivity contribution in [2.45, 2.75) is 136 Å². The van der Waals surface area contributed by atoms with Gasteiger partial charge in [-0.3, -0.25) is 9.36 Å². The third-order valence-electron chi connectivity index (χ3n) is 7.94. The van der Waals surface area contributed by atoms with E-state index in [1.807, 2.05) is 21.1 Å². The smallest absolute Gasteiger partial charge is 0.306 e. The number of esters is 1. The molecule has 0 aromatic heterocycles. The van der Waals surface area contributed by atoms with E-state index < -0.39 is 13.9 Å². The van der Waals surface area contributed by atoms with Crippen LogP contribution in [0.4, 0.5) is 0 Å². The van der Waals surface area contributed by atoms with E-state index in [1.54, 1.807) is 0 Å². The summed E-state index contributed by atoms with van der Waals surface area (Å²) in [7, 11) is 1.30. The Morgan fingerprint density at radius 2 is 1.04 bits per heavy atom. The molecule has 0 bridgehead atoms. The van der Waals surface area contributed by atoms with E-state index in [9.17, 15) is 14.3 Å². The number of likely N-dealkylation sites (N-methyl/N-ethyl adjacent to an activating group) is 1. The van der Waals surface area contributed by atoms with Crippen molar-refractivity contribution in [3.8, 4) is 0 Å². The highest BCUT2D eigenvalue weighted by Gasteiger charge is 2.20. The zero-order valence-corrected chi connectivity index (χ0v) is 35.1. The maximum Gasteiger partial charge on any atom is 0.306 e. The average Bonchev–Trinajstić information content (AvgIpc) is 3.11. The van der Waals surface area contributed by atoms with E-state index in [4.69, 9.17) is 18.5 Å². The summed E-state index contributed by atoms with van der Waals surface area (Å²) < 4.78 is 34.4. The van der Waals surface area contributed by atoms with Crippen molar-refractivity contribution in [1.82, 2.24) is 0 Å². The van der Waals surface area contributed by atoms with Crippen LogP contribution in [0.15, 0.2) is 85.1 Å². The Morgan fingerprint density at radius 3 is 1.55 bits per heavy atom. The van der Waals surface area contributed by atoms with Gasteiger partial charge in [-0.15, -0.1) is 0 Å². The number of unbranched alkanes of at least 4 members (excludes halogenated alkanes) is 8. The first-order valence-electron chi connectivity index (χ1n) is 20.3. The number of phosphoric acid groups is 1. The predicted molar refractivity (Wildman–Crippen MR) is 222 cm³/mol. The molecule has 0 saturated carbocycles. The minimum Gasteiger partial charge on any atom is -0.756 e. The molecule has 2 unspecified atom stereocenters. The van der Waals surface area contributed by atoms with Gasteiger partial charge in [0, 0.05) is 13.0 Å². The van der Waals surface area contributed by atoms with Gasteiger partial charge >= 0.3 is 5.97 Å². The molecule has 53 heavy (non-hydrogen) atoms. The van der Waals surface area contributed by atoms with Gasteiger partial charge in [0.15, 0.2) is 0 Å². The number of rotatable bonds is 36. The number of hydrogen-bond acceptors (Lipinski definition) is 7. The molecule has 0 radical (unpaired) electrons. The molecule has 2 atom stereocenters. The molecule has 9 heteroatoms. The van der Waals surface area contributed by atoms with Crippen molar-refractivity contribution in [1.29, 1.82) is 0 Å². The zero-order chi connectivity index (χ0) is 39.1. The first kappa shape index (κ1) is 50.7. The summed E-state index contributed by atoms with van der Waals surface area (Å²) in [6.45, 7) is 5.04. The van der Waals surface area contributed by atoms with Gasteiger partial charge in [-0.1, -0.05) is 125 Å². The molecule has 0 aromatic carbocycles. The number of allylic oxidation sites excluding steroid dienone is 14. The van der Waals surface area contributed by atoms with Crippen LogP contribution in [0.3, 0.4) is 0 Å². The molecule has 0 heterocycles. The van der Waals surface area contributed by atoms with Crippen molar-refractivity contribution in [3.63, 3.8) is 0 Å². The fourth-order valence-corrected chi connectivity index (χ4v) is 5.57. The molecule has 8 nitrogen and oxygen atoms in total. The van der Waals surface area contributed by atoms with Crippen LogP contribution >= 0.6 is 7.82 Å². The van der Waals surface area contributed by atoms with Crippen LogP contribution in [0.1, 0.15) is 129 Å². The second-order valence-electron chi connectivity index (χ2n) is 14.2. The van der Waals surface area contributed by atoms with Gasteiger partial charge in [0.25, 0.3) is 7.82 Å². The molecule has 0 aliphatic rings. The van der Waals surface area contributed by atoms with Crippen molar-refractivity contribution in [3.05, 3.63) is 85.1 Å². The number of quaternary nitrogens is 1. The monoisotopic (exact) mass is 762 g/mol. The second kappa shape index (κ2) is 36.6. The number of nitrogens with zero attached hydrogens (tertiary/aromatic N) is 1. The molecule has 0 aromatic rings. The van der Waals surface area contributed by atoms with Gasteiger partial charge in [-0.25, -0.2) is 0 Å². The summed E-state index contributed by atoms with van der Waals surface area (Å²) in [5, 5.41) is 0. The predicted octanol–water partition coefficient (Wildman–Crippen LogP) is 11.1. The van der Waals surface area contributed by atoms with Gasteiger partial charge in [0.2, 0.25) is 0 Å². The lowest BCUT2D eigenvalue weighted by Crippen LogP contribution is -2.37. The van der Waals surface area contributed by atoms with Gasteiger partial charge < -0.3 is 27.9 Å². The van der Waals surface area contributed by atoms with Gasteiger partial charge in [-0.2, -0.15) is 0 Å². The minimum absolute atomic E-state index is 0.0109. The Balaban J connectivity index is 4.39. The first-order valence-corrected chi connectivity index (χ1v) is 21.8. The quantitative estimate of drug-likeness (QED) is 0.0206. The molecule has 0 aliphatic heterocycles. The largest absolute Gasteiger partial charge is 0.756 e. The highest BCUT2D eigenvalue weighted by Crippen LogP contribution is 2.38. The molecule has 0 fully saturated rings. The SMILES string of the molecule is CC/C=C\C/C=C\C/C=C\C/C=C\CCCCCOCC(COP(=O)([O-])OCC[N+](C)(C)C)OC(=O)CCCCCCC/C=C\C/C=C\C/C=C\CC. The van der Waals surface area contributed by atoms with Crippen LogP contribution in [-0.2, 0) is 27.9 Å². The van der Waals surface area contributed by atoms with Crippen LogP contribution in [-0.4, -0.2) is 70.7 Å². The molecule has 0 spiro atoms. The summed E-state index contributed by atoms with van der Waals surface area (Å²) in [5.41, 5.74) is 0. The maximum atomic E-state index is 12.6. The number of phosphoric ester groups is 1. The van der Waals surface area contributed by atoms with Crippen LogP contribution in [0.2, 0.25) is 0 Å². The Kier molecular flexibility index (Phi) is 35.0. The summed E-state index contributed by atoms with van der Waals surface area (Å²) in [5.74, 6) is -0.368. The van der Waals surface area contributed by atoms with Crippen molar-refractivity contribution >= 4 is 13.8 Å². The standard InChI is InChI=1S/C44H76NO7P/c1-6-8-10-12-14-16-18-20-22-24-26-28-30-32-34-36-39-49-41-43(42-51-53(47,48)50-40-38-45(3,4)5)52-44(46)37-35-33-31-29-27-25-23-21-19-17-15-13-11-9-7-2/h8-11,14-17,20-23,26,28,43H,6-7,12-13,18-19,24-25,27,29-42H2,1-5H3/b10-8-,11-9-,16-14-,17-15-,22-20-,23-21-,28-26-. The summed E-state index contributed by atoms with van der Waals surface area (Å²) in [6, 6.07) is 0. The average molecular weight is 762 g/mol. The fraction of sp³-hybridized carbons (Fsp3) is 0.659. The zero-order valence-electron chi connectivity index (χ0n) is 34.2. The number of hydrogen-bond donors (Lipinski definition) is 0. The third kappa shape index (κ3) is 40.7. The van der Waals surface area contributed by atoms with Crippen LogP contribution in [0, 0.1) is 0 Å². The van der Waals surface area contributed by atoms with E-state index in [-0.39, 0.29) is 32.2 Å². The Morgan fingerprint density at radius 1 is 0.585 bits per heavy atom. The van der Waals surface area contributed by atoms with Crippen molar-refractivity contribution < 1.29 is 37.3 Å².